The summed E-state index contributed by atoms with van der Waals surface area (Å²) in [4.78, 5) is 32.1. The van der Waals surface area contributed by atoms with Crippen LogP contribution in [0.3, 0.4) is 0 Å². The van der Waals surface area contributed by atoms with Gasteiger partial charge < -0.3 is 19.8 Å². The van der Waals surface area contributed by atoms with E-state index < -0.39 is 0 Å². The number of nitrogens with one attached hydrogen (secondary N) is 1. The van der Waals surface area contributed by atoms with Crippen molar-refractivity contribution in [1.29, 1.82) is 0 Å². The minimum absolute atomic E-state index is 0.0669. The van der Waals surface area contributed by atoms with E-state index in [-0.39, 0.29) is 17.9 Å². The third-order valence-electron chi connectivity index (χ3n) is 5.15. The van der Waals surface area contributed by atoms with Crippen LogP contribution in [0, 0.1) is 0 Å². The Balaban J connectivity index is 1.47. The third-order valence-corrected chi connectivity index (χ3v) is 5.15. The second-order valence-corrected chi connectivity index (χ2v) is 7.09. The first-order valence-electron chi connectivity index (χ1n) is 9.73. The first-order valence-corrected chi connectivity index (χ1v) is 9.73. The number of oxime groups is 1. The lowest BCUT2D eigenvalue weighted by molar-refractivity contribution is -0.119. The Labute approximate surface area is 169 Å². The fraction of sp³-hybridized carbons (Fsp3) is 0.318. The zero-order valence-corrected chi connectivity index (χ0v) is 16.3. The quantitative estimate of drug-likeness (QED) is 0.841. The van der Waals surface area contributed by atoms with Gasteiger partial charge in [-0.1, -0.05) is 35.5 Å². The number of ether oxygens (including phenoxy) is 1. The largest absolute Gasteiger partial charge is 0.495 e. The van der Waals surface area contributed by atoms with Crippen molar-refractivity contribution in [1.82, 2.24) is 0 Å². The average Bonchev–Trinajstić information content (AvgIpc) is 3.25. The molecule has 1 unspecified atom stereocenters. The van der Waals surface area contributed by atoms with Crippen LogP contribution >= 0.6 is 0 Å². The van der Waals surface area contributed by atoms with E-state index in [0.29, 0.717) is 42.2 Å². The molecule has 2 aromatic rings. The molecule has 2 aliphatic heterocycles. The number of amides is 2. The minimum atomic E-state index is -0.315. The highest BCUT2D eigenvalue weighted by Crippen LogP contribution is 2.34. The molecule has 2 aromatic carbocycles. The standard InChI is InChI=1S/C22H23N3O4/c1-28-19-11-10-16(13-18(19)25-12-6-5-9-21(25)26)23-22(27)17-14-20(29-24-17)15-7-3-2-4-8-15/h2-4,7-8,10-11,13,20H,5-6,9,12,14H2,1H3,(H,23,27). The number of carbonyl (C=O) groups is 2. The Kier molecular flexibility index (Phi) is 5.46. The van der Waals surface area contributed by atoms with Crippen molar-refractivity contribution in [3.8, 4) is 5.75 Å². The van der Waals surface area contributed by atoms with E-state index in [1.807, 2.05) is 30.3 Å². The number of methoxy groups -OCH3 is 1. The predicted octanol–water partition coefficient (Wildman–Crippen LogP) is 3.67. The zero-order chi connectivity index (χ0) is 20.2. The van der Waals surface area contributed by atoms with Gasteiger partial charge >= 0.3 is 0 Å². The van der Waals surface area contributed by atoms with Crippen LogP contribution in [-0.2, 0) is 14.4 Å². The number of nitrogens with zero attached hydrogens (tertiary/aromatic N) is 2. The van der Waals surface area contributed by atoms with Crippen molar-refractivity contribution in [2.75, 3.05) is 23.9 Å². The molecule has 150 valence electrons. The fourth-order valence-corrected chi connectivity index (χ4v) is 3.60. The van der Waals surface area contributed by atoms with Crippen molar-refractivity contribution < 1.29 is 19.2 Å². The predicted molar refractivity (Wildman–Crippen MR) is 110 cm³/mol. The van der Waals surface area contributed by atoms with Gasteiger partial charge in [-0.05, 0) is 36.6 Å². The molecule has 2 aliphatic rings. The number of hydrogen-bond donors (Lipinski definition) is 1. The van der Waals surface area contributed by atoms with Gasteiger partial charge in [0.05, 0.1) is 12.8 Å². The van der Waals surface area contributed by atoms with Gasteiger partial charge in [-0.25, -0.2) is 0 Å². The lowest BCUT2D eigenvalue weighted by Crippen LogP contribution is -2.35. The molecule has 0 bridgehead atoms. The Bertz CT molecular complexity index is 942. The van der Waals surface area contributed by atoms with Gasteiger partial charge in [-0.3, -0.25) is 9.59 Å². The van der Waals surface area contributed by atoms with Crippen LogP contribution in [-0.4, -0.2) is 31.2 Å². The second-order valence-electron chi connectivity index (χ2n) is 7.09. The SMILES string of the molecule is COc1ccc(NC(=O)C2=NOC(c3ccccc3)C2)cc1N1CCCCC1=O. The van der Waals surface area contributed by atoms with E-state index in [9.17, 15) is 9.59 Å². The first kappa shape index (κ1) is 19.0. The Morgan fingerprint density at radius 3 is 2.79 bits per heavy atom. The van der Waals surface area contributed by atoms with Gasteiger partial charge in [0.25, 0.3) is 5.91 Å². The molecule has 2 amide bonds. The maximum Gasteiger partial charge on any atom is 0.273 e. The van der Waals surface area contributed by atoms with Crippen LogP contribution in [0.15, 0.2) is 53.7 Å². The average molecular weight is 393 g/mol. The van der Waals surface area contributed by atoms with E-state index in [2.05, 4.69) is 10.5 Å². The maximum absolute atomic E-state index is 12.7. The first-order chi connectivity index (χ1) is 14.2. The molecule has 1 atom stereocenters. The molecule has 0 saturated carbocycles. The molecule has 0 spiro atoms. The Morgan fingerprint density at radius 2 is 2.03 bits per heavy atom. The normalized spacial score (nSPS) is 18.8. The van der Waals surface area contributed by atoms with Crippen LogP contribution in [0.5, 0.6) is 5.75 Å². The molecular weight excluding hydrogens is 370 g/mol. The number of carbonyl (C=O) groups excluding carboxylic acids is 2. The van der Waals surface area contributed by atoms with Crippen molar-refractivity contribution in [3.63, 3.8) is 0 Å². The van der Waals surface area contributed by atoms with Gasteiger partial charge in [-0.2, -0.15) is 0 Å². The zero-order valence-electron chi connectivity index (χ0n) is 16.3. The van der Waals surface area contributed by atoms with Gasteiger partial charge in [0.1, 0.15) is 11.5 Å². The van der Waals surface area contributed by atoms with Crippen molar-refractivity contribution in [3.05, 3.63) is 54.1 Å². The molecule has 0 aliphatic carbocycles. The summed E-state index contributed by atoms with van der Waals surface area (Å²) in [6.45, 7) is 0.645. The Morgan fingerprint density at radius 1 is 1.21 bits per heavy atom. The van der Waals surface area contributed by atoms with Crippen molar-refractivity contribution in [2.45, 2.75) is 31.8 Å². The number of rotatable bonds is 5. The van der Waals surface area contributed by atoms with E-state index in [1.54, 1.807) is 30.2 Å². The fourth-order valence-electron chi connectivity index (χ4n) is 3.60. The summed E-state index contributed by atoms with van der Waals surface area (Å²) in [5.74, 6) is 0.353. The summed E-state index contributed by atoms with van der Waals surface area (Å²) in [7, 11) is 1.57. The molecule has 0 radical (unpaired) electrons. The molecule has 29 heavy (non-hydrogen) atoms. The van der Waals surface area contributed by atoms with Gasteiger partial charge in [-0.15, -0.1) is 0 Å². The molecule has 1 N–H and O–H groups in total. The van der Waals surface area contributed by atoms with E-state index in [0.717, 1.165) is 18.4 Å². The highest BCUT2D eigenvalue weighted by Gasteiger charge is 2.28. The summed E-state index contributed by atoms with van der Waals surface area (Å²) in [5.41, 5.74) is 2.57. The highest BCUT2D eigenvalue weighted by molar-refractivity contribution is 6.43. The molecule has 7 nitrogen and oxygen atoms in total. The summed E-state index contributed by atoms with van der Waals surface area (Å²) in [5, 5.41) is 6.82. The van der Waals surface area contributed by atoms with Crippen LogP contribution in [0.4, 0.5) is 11.4 Å². The summed E-state index contributed by atoms with van der Waals surface area (Å²) < 4.78 is 5.42. The topological polar surface area (TPSA) is 80.2 Å². The minimum Gasteiger partial charge on any atom is -0.495 e. The maximum atomic E-state index is 12.7. The second kappa shape index (κ2) is 8.34. The number of benzene rings is 2. The van der Waals surface area contributed by atoms with Crippen LogP contribution in [0.1, 0.15) is 37.4 Å². The highest BCUT2D eigenvalue weighted by atomic mass is 16.6. The van der Waals surface area contributed by atoms with E-state index in [4.69, 9.17) is 9.57 Å². The lowest BCUT2D eigenvalue weighted by Gasteiger charge is -2.28. The number of piperidine rings is 1. The monoisotopic (exact) mass is 393 g/mol. The van der Waals surface area contributed by atoms with Gasteiger partial charge in [0.15, 0.2) is 6.10 Å². The summed E-state index contributed by atoms with van der Waals surface area (Å²) in [6, 6.07) is 15.0. The molecule has 2 heterocycles. The summed E-state index contributed by atoms with van der Waals surface area (Å²) in [6.07, 6.45) is 2.52. The summed E-state index contributed by atoms with van der Waals surface area (Å²) >= 11 is 0. The van der Waals surface area contributed by atoms with Crippen molar-refractivity contribution >= 4 is 28.9 Å². The van der Waals surface area contributed by atoms with Crippen LogP contribution < -0.4 is 15.0 Å². The molecule has 1 saturated heterocycles. The van der Waals surface area contributed by atoms with Crippen LogP contribution in [0.25, 0.3) is 0 Å². The van der Waals surface area contributed by atoms with E-state index in [1.165, 1.54) is 0 Å². The smallest absolute Gasteiger partial charge is 0.273 e. The molecule has 7 heteroatoms. The molecular formula is C22H23N3O4. The van der Waals surface area contributed by atoms with Gasteiger partial charge in [0, 0.05) is 25.1 Å². The third kappa shape index (κ3) is 4.08. The van der Waals surface area contributed by atoms with Crippen LogP contribution in [0.2, 0.25) is 0 Å². The molecule has 0 aromatic heterocycles. The number of anilines is 2. The van der Waals surface area contributed by atoms with Crippen molar-refractivity contribution in [2.24, 2.45) is 5.16 Å². The molecule has 4 rings (SSSR count). The Hall–Kier alpha value is -3.35. The molecule has 1 fully saturated rings. The lowest BCUT2D eigenvalue weighted by atomic mass is 10.0. The van der Waals surface area contributed by atoms with Gasteiger partial charge in [0.2, 0.25) is 5.91 Å². The van der Waals surface area contributed by atoms with E-state index >= 15 is 0 Å². The number of hydrogen-bond acceptors (Lipinski definition) is 5.